The summed E-state index contributed by atoms with van der Waals surface area (Å²) in [4.78, 5) is 25.4. The number of para-hydroxylation sites is 1. The van der Waals surface area contributed by atoms with Crippen molar-refractivity contribution < 1.29 is 19.1 Å². The molecule has 0 spiro atoms. The SMILES string of the molecule is COc1cc(C)c(/C=N\NC(=O)[C@@H](CC(C)C)NC(=O)COc2c(C)cccc2C)cc1C(C)C. The predicted molar refractivity (Wildman–Crippen MR) is 140 cm³/mol. The van der Waals surface area contributed by atoms with E-state index in [1.54, 1.807) is 13.3 Å². The molecule has 1 atom stereocenters. The highest BCUT2D eigenvalue weighted by atomic mass is 16.5. The molecule has 7 heteroatoms. The fraction of sp³-hybridized carbons (Fsp3) is 0.464. The van der Waals surface area contributed by atoms with Gasteiger partial charge in [0.2, 0.25) is 0 Å². The zero-order valence-electron chi connectivity index (χ0n) is 22.2. The topological polar surface area (TPSA) is 89.0 Å². The van der Waals surface area contributed by atoms with E-state index in [0.717, 1.165) is 33.6 Å². The van der Waals surface area contributed by atoms with Crippen molar-refractivity contribution in [3.63, 3.8) is 0 Å². The Kier molecular flexibility index (Phi) is 10.3. The number of amides is 2. The summed E-state index contributed by atoms with van der Waals surface area (Å²) >= 11 is 0. The lowest BCUT2D eigenvalue weighted by Crippen LogP contribution is -2.47. The predicted octanol–water partition coefficient (Wildman–Crippen LogP) is 4.80. The van der Waals surface area contributed by atoms with Crippen LogP contribution < -0.4 is 20.2 Å². The number of methoxy groups -OCH3 is 1. The van der Waals surface area contributed by atoms with E-state index in [4.69, 9.17) is 9.47 Å². The number of carbonyl (C=O) groups excluding carboxylic acids is 2. The van der Waals surface area contributed by atoms with Crippen LogP contribution in [0.3, 0.4) is 0 Å². The van der Waals surface area contributed by atoms with Gasteiger partial charge in [0.1, 0.15) is 17.5 Å². The molecule has 0 fully saturated rings. The van der Waals surface area contributed by atoms with Crippen LogP contribution >= 0.6 is 0 Å². The van der Waals surface area contributed by atoms with Crippen LogP contribution in [0.5, 0.6) is 11.5 Å². The minimum Gasteiger partial charge on any atom is -0.496 e. The van der Waals surface area contributed by atoms with Crippen molar-refractivity contribution in [2.24, 2.45) is 11.0 Å². The summed E-state index contributed by atoms with van der Waals surface area (Å²) in [6, 6.07) is 9.08. The molecule has 35 heavy (non-hydrogen) atoms. The Morgan fingerprint density at radius 3 is 2.26 bits per heavy atom. The number of rotatable bonds is 11. The quantitative estimate of drug-likeness (QED) is 0.356. The van der Waals surface area contributed by atoms with E-state index < -0.39 is 6.04 Å². The van der Waals surface area contributed by atoms with E-state index in [2.05, 4.69) is 29.7 Å². The molecular formula is C28H39N3O4. The van der Waals surface area contributed by atoms with Gasteiger partial charge in [0, 0.05) is 0 Å². The largest absolute Gasteiger partial charge is 0.496 e. The van der Waals surface area contributed by atoms with Gasteiger partial charge in [-0.25, -0.2) is 5.43 Å². The second-order valence-corrected chi connectivity index (χ2v) is 9.60. The third kappa shape index (κ3) is 8.12. The lowest BCUT2D eigenvalue weighted by Gasteiger charge is -2.19. The Labute approximate surface area is 209 Å². The highest BCUT2D eigenvalue weighted by Crippen LogP contribution is 2.29. The maximum atomic E-state index is 12.8. The summed E-state index contributed by atoms with van der Waals surface area (Å²) in [6.07, 6.45) is 2.10. The molecule has 0 unspecified atom stereocenters. The van der Waals surface area contributed by atoms with Gasteiger partial charge in [-0.05, 0) is 79.0 Å². The molecule has 2 N–H and O–H groups in total. The molecule has 0 aliphatic heterocycles. The summed E-state index contributed by atoms with van der Waals surface area (Å²) in [6.45, 7) is 13.9. The fourth-order valence-electron chi connectivity index (χ4n) is 3.83. The Morgan fingerprint density at radius 2 is 1.69 bits per heavy atom. The van der Waals surface area contributed by atoms with E-state index in [0.29, 0.717) is 12.2 Å². The minimum absolute atomic E-state index is 0.167. The van der Waals surface area contributed by atoms with Gasteiger partial charge in [0.25, 0.3) is 11.8 Å². The van der Waals surface area contributed by atoms with Crippen molar-refractivity contribution >= 4 is 18.0 Å². The fourth-order valence-corrected chi connectivity index (χ4v) is 3.83. The Bertz CT molecular complexity index is 1040. The maximum absolute atomic E-state index is 12.8. The number of nitrogens with zero attached hydrogens (tertiary/aromatic N) is 1. The van der Waals surface area contributed by atoms with Gasteiger partial charge in [-0.15, -0.1) is 0 Å². The number of ether oxygens (including phenoxy) is 2. The van der Waals surface area contributed by atoms with Gasteiger partial charge in [0.15, 0.2) is 6.61 Å². The first kappa shape index (κ1) is 27.9. The van der Waals surface area contributed by atoms with Crippen molar-refractivity contribution in [1.29, 1.82) is 0 Å². The number of carbonyl (C=O) groups is 2. The normalized spacial score (nSPS) is 12.2. The van der Waals surface area contributed by atoms with E-state index in [-0.39, 0.29) is 30.3 Å². The Hall–Kier alpha value is -3.35. The average molecular weight is 482 g/mol. The van der Waals surface area contributed by atoms with Gasteiger partial charge in [-0.3, -0.25) is 9.59 Å². The van der Waals surface area contributed by atoms with Crippen molar-refractivity contribution in [1.82, 2.24) is 10.7 Å². The monoisotopic (exact) mass is 481 g/mol. The van der Waals surface area contributed by atoms with Crippen LogP contribution in [0.4, 0.5) is 0 Å². The van der Waals surface area contributed by atoms with Crippen molar-refractivity contribution in [2.75, 3.05) is 13.7 Å². The molecular weight excluding hydrogens is 442 g/mol. The number of hydrazone groups is 1. The second kappa shape index (κ2) is 12.9. The van der Waals surface area contributed by atoms with Crippen LogP contribution in [0, 0.1) is 26.7 Å². The highest BCUT2D eigenvalue weighted by molar-refractivity contribution is 5.89. The van der Waals surface area contributed by atoms with Crippen LogP contribution in [0.2, 0.25) is 0 Å². The minimum atomic E-state index is -0.718. The van der Waals surface area contributed by atoms with Crippen LogP contribution in [0.1, 0.15) is 67.9 Å². The summed E-state index contributed by atoms with van der Waals surface area (Å²) in [5.41, 5.74) is 7.44. The molecule has 0 saturated carbocycles. The zero-order chi connectivity index (χ0) is 26.1. The van der Waals surface area contributed by atoms with Gasteiger partial charge < -0.3 is 14.8 Å². The molecule has 0 aliphatic carbocycles. The van der Waals surface area contributed by atoms with Gasteiger partial charge >= 0.3 is 0 Å². The standard InChI is InChI=1S/C28H39N3O4/c1-17(2)12-24(30-26(32)16-35-27-19(5)10-9-11-20(27)6)28(33)31-29-15-22-14-23(18(3)4)25(34-8)13-21(22)7/h9-11,13-15,17-18,24H,12,16H2,1-8H3,(H,30,32)(H,31,33)/b29-15-/t24-/m1/s1. The van der Waals surface area contributed by atoms with E-state index in [9.17, 15) is 9.59 Å². The van der Waals surface area contributed by atoms with Crippen molar-refractivity contribution in [2.45, 2.75) is 66.8 Å². The van der Waals surface area contributed by atoms with Crippen LogP contribution in [0.25, 0.3) is 0 Å². The van der Waals surface area contributed by atoms with Crippen LogP contribution in [0.15, 0.2) is 35.4 Å². The first-order chi connectivity index (χ1) is 16.5. The maximum Gasteiger partial charge on any atom is 0.262 e. The first-order valence-electron chi connectivity index (χ1n) is 12.0. The highest BCUT2D eigenvalue weighted by Gasteiger charge is 2.22. The Balaban J connectivity index is 2.05. The first-order valence-corrected chi connectivity index (χ1v) is 12.0. The molecule has 2 aromatic rings. The molecule has 2 amide bonds. The molecule has 0 saturated heterocycles. The number of hydrogen-bond acceptors (Lipinski definition) is 5. The summed E-state index contributed by atoms with van der Waals surface area (Å²) in [7, 11) is 1.66. The third-order valence-electron chi connectivity index (χ3n) is 5.73. The lowest BCUT2D eigenvalue weighted by molar-refractivity contribution is -0.130. The Morgan fingerprint density at radius 1 is 1.03 bits per heavy atom. The molecule has 0 bridgehead atoms. The number of hydrogen-bond donors (Lipinski definition) is 2. The van der Waals surface area contributed by atoms with Gasteiger partial charge in [0.05, 0.1) is 13.3 Å². The second-order valence-electron chi connectivity index (χ2n) is 9.60. The number of nitrogens with one attached hydrogen (secondary N) is 2. The smallest absolute Gasteiger partial charge is 0.262 e. The molecule has 0 heterocycles. The van der Waals surface area contributed by atoms with E-state index >= 15 is 0 Å². The molecule has 2 rings (SSSR count). The van der Waals surface area contributed by atoms with E-state index in [1.807, 2.05) is 65.0 Å². The molecule has 0 radical (unpaired) electrons. The number of benzene rings is 2. The molecule has 7 nitrogen and oxygen atoms in total. The molecule has 2 aromatic carbocycles. The van der Waals surface area contributed by atoms with E-state index in [1.165, 1.54) is 0 Å². The molecule has 0 aromatic heterocycles. The van der Waals surface area contributed by atoms with Crippen LogP contribution in [-0.4, -0.2) is 37.8 Å². The summed E-state index contributed by atoms with van der Waals surface area (Å²) in [5.74, 6) is 1.28. The third-order valence-corrected chi connectivity index (χ3v) is 5.73. The average Bonchev–Trinajstić information content (AvgIpc) is 2.78. The van der Waals surface area contributed by atoms with Gasteiger partial charge in [-0.1, -0.05) is 45.9 Å². The lowest BCUT2D eigenvalue weighted by atomic mass is 9.97. The van der Waals surface area contributed by atoms with Gasteiger partial charge in [-0.2, -0.15) is 5.10 Å². The molecule has 190 valence electrons. The van der Waals surface area contributed by atoms with Crippen LogP contribution in [-0.2, 0) is 9.59 Å². The van der Waals surface area contributed by atoms with Crippen molar-refractivity contribution in [3.8, 4) is 11.5 Å². The molecule has 0 aliphatic rings. The zero-order valence-corrected chi connectivity index (χ0v) is 22.2. The summed E-state index contributed by atoms with van der Waals surface area (Å²) in [5, 5.41) is 6.95. The summed E-state index contributed by atoms with van der Waals surface area (Å²) < 4.78 is 11.2. The van der Waals surface area contributed by atoms with Crippen molar-refractivity contribution in [3.05, 3.63) is 58.1 Å². The number of aryl methyl sites for hydroxylation is 3.